The molecule has 146 valence electrons. The average molecular weight is 393 g/mol. The molecule has 1 aromatic carbocycles. The van der Waals surface area contributed by atoms with E-state index in [-0.39, 0.29) is 23.3 Å². The number of benzene rings is 1. The van der Waals surface area contributed by atoms with Gasteiger partial charge in [0.25, 0.3) is 5.91 Å². The van der Waals surface area contributed by atoms with Crippen molar-refractivity contribution in [1.29, 1.82) is 0 Å². The maximum Gasteiger partial charge on any atom is 0.257 e. The molecule has 27 heavy (non-hydrogen) atoms. The highest BCUT2D eigenvalue weighted by Gasteiger charge is 2.51. The topological polar surface area (TPSA) is 59.1 Å². The summed E-state index contributed by atoms with van der Waals surface area (Å²) in [6.07, 6.45) is 3.62. The number of hydrogen-bond donors (Lipinski definition) is 0. The summed E-state index contributed by atoms with van der Waals surface area (Å²) in [7, 11) is 1.53. The van der Waals surface area contributed by atoms with Crippen molar-refractivity contribution in [1.82, 2.24) is 9.80 Å². The lowest BCUT2D eigenvalue weighted by Gasteiger charge is -2.47. The largest absolute Gasteiger partial charge is 0.496 e. The van der Waals surface area contributed by atoms with E-state index in [2.05, 4.69) is 0 Å². The second-order valence-corrected chi connectivity index (χ2v) is 8.30. The number of carbonyl (C=O) groups excluding carboxylic acids is 2. The molecule has 6 nitrogen and oxygen atoms in total. The zero-order valence-electron chi connectivity index (χ0n) is 15.6. The molecule has 0 saturated carbocycles. The van der Waals surface area contributed by atoms with E-state index in [4.69, 9.17) is 21.1 Å². The van der Waals surface area contributed by atoms with Gasteiger partial charge in [-0.05, 0) is 43.4 Å². The molecule has 2 amide bonds. The van der Waals surface area contributed by atoms with Crippen LogP contribution in [0.5, 0.6) is 5.75 Å². The van der Waals surface area contributed by atoms with Crippen LogP contribution < -0.4 is 4.74 Å². The second-order valence-electron chi connectivity index (χ2n) is 7.86. The van der Waals surface area contributed by atoms with Gasteiger partial charge in [0.1, 0.15) is 11.4 Å². The highest BCUT2D eigenvalue weighted by Crippen LogP contribution is 2.40. The van der Waals surface area contributed by atoms with Crippen LogP contribution in [0.2, 0.25) is 5.02 Å². The Kier molecular flexibility index (Phi) is 5.03. The molecule has 0 aliphatic carbocycles. The van der Waals surface area contributed by atoms with Gasteiger partial charge in [-0.15, -0.1) is 0 Å². The molecule has 3 heterocycles. The molecular weight excluding hydrogens is 368 g/mol. The maximum absolute atomic E-state index is 12.8. The van der Waals surface area contributed by atoms with Crippen LogP contribution in [-0.4, -0.2) is 67.1 Å². The second kappa shape index (κ2) is 7.32. The average Bonchev–Trinajstić information content (AvgIpc) is 3.29. The van der Waals surface area contributed by atoms with E-state index in [1.54, 1.807) is 23.1 Å². The summed E-state index contributed by atoms with van der Waals surface area (Å²) in [5.74, 6) is 0.904. The normalized spacial score (nSPS) is 23.6. The molecule has 1 atom stereocenters. The van der Waals surface area contributed by atoms with Crippen LogP contribution in [0.25, 0.3) is 0 Å². The molecule has 3 aliphatic heterocycles. The molecule has 0 aromatic heterocycles. The summed E-state index contributed by atoms with van der Waals surface area (Å²) in [6, 6.07) is 5.04. The maximum atomic E-state index is 12.8. The quantitative estimate of drug-likeness (QED) is 0.790. The van der Waals surface area contributed by atoms with Crippen molar-refractivity contribution >= 4 is 23.4 Å². The lowest BCUT2D eigenvalue weighted by atomic mass is 9.85. The van der Waals surface area contributed by atoms with Crippen molar-refractivity contribution < 1.29 is 19.1 Å². The third-order valence-electron chi connectivity index (χ3n) is 5.85. The van der Waals surface area contributed by atoms with Crippen molar-refractivity contribution in [3.63, 3.8) is 0 Å². The van der Waals surface area contributed by atoms with Crippen LogP contribution >= 0.6 is 11.6 Å². The fourth-order valence-corrected chi connectivity index (χ4v) is 4.60. The Hall–Kier alpha value is -1.79. The van der Waals surface area contributed by atoms with Gasteiger partial charge < -0.3 is 19.3 Å². The monoisotopic (exact) mass is 392 g/mol. The molecule has 0 radical (unpaired) electrons. The molecule has 1 unspecified atom stereocenters. The Morgan fingerprint density at radius 1 is 1.26 bits per heavy atom. The zero-order valence-corrected chi connectivity index (χ0v) is 16.3. The van der Waals surface area contributed by atoms with Gasteiger partial charge in [0.15, 0.2) is 0 Å². The van der Waals surface area contributed by atoms with E-state index in [1.165, 1.54) is 7.11 Å². The van der Waals surface area contributed by atoms with Crippen molar-refractivity contribution in [3.05, 3.63) is 28.8 Å². The molecule has 3 aliphatic rings. The number of rotatable bonds is 4. The molecule has 0 bridgehead atoms. The first-order chi connectivity index (χ1) is 13.0. The van der Waals surface area contributed by atoms with E-state index in [0.717, 1.165) is 32.4 Å². The number of ether oxygens (including phenoxy) is 2. The first kappa shape index (κ1) is 18.6. The Morgan fingerprint density at radius 2 is 2.00 bits per heavy atom. The Morgan fingerprint density at radius 3 is 2.70 bits per heavy atom. The highest BCUT2D eigenvalue weighted by molar-refractivity contribution is 6.30. The van der Waals surface area contributed by atoms with Gasteiger partial charge in [-0.2, -0.15) is 0 Å². The SMILES string of the molecule is COc1cc(Cl)ccc1C(=O)N1CC2(CC(CC(=O)N3CCCC3)CO2)C1. The first-order valence-electron chi connectivity index (χ1n) is 9.54. The van der Waals surface area contributed by atoms with E-state index in [9.17, 15) is 9.59 Å². The van der Waals surface area contributed by atoms with Crippen LogP contribution in [0.3, 0.4) is 0 Å². The Balaban J connectivity index is 1.32. The van der Waals surface area contributed by atoms with Gasteiger partial charge in [-0.3, -0.25) is 9.59 Å². The minimum absolute atomic E-state index is 0.0747. The first-order valence-corrected chi connectivity index (χ1v) is 9.92. The van der Waals surface area contributed by atoms with E-state index >= 15 is 0 Å². The summed E-state index contributed by atoms with van der Waals surface area (Å²) >= 11 is 5.97. The minimum atomic E-state index is -0.286. The van der Waals surface area contributed by atoms with E-state index in [1.807, 2.05) is 4.90 Å². The van der Waals surface area contributed by atoms with Crippen LogP contribution in [0.15, 0.2) is 18.2 Å². The summed E-state index contributed by atoms with van der Waals surface area (Å²) < 4.78 is 11.3. The molecule has 0 N–H and O–H groups in total. The third kappa shape index (κ3) is 3.65. The number of amides is 2. The van der Waals surface area contributed by atoms with Crippen molar-refractivity contribution in [2.24, 2.45) is 5.92 Å². The van der Waals surface area contributed by atoms with Crippen molar-refractivity contribution in [2.75, 3.05) is 39.9 Å². The zero-order chi connectivity index (χ0) is 19.0. The van der Waals surface area contributed by atoms with Gasteiger partial charge in [-0.1, -0.05) is 11.6 Å². The number of hydrogen-bond acceptors (Lipinski definition) is 4. The number of carbonyl (C=O) groups is 2. The number of methoxy groups -OCH3 is 1. The predicted octanol–water partition coefficient (Wildman–Crippen LogP) is 2.59. The molecular formula is C20H25ClN2O4. The molecule has 4 rings (SSSR count). The Labute approximate surface area is 164 Å². The minimum Gasteiger partial charge on any atom is -0.496 e. The number of nitrogens with zero attached hydrogens (tertiary/aromatic N) is 2. The van der Waals surface area contributed by atoms with Crippen LogP contribution in [0.1, 0.15) is 36.0 Å². The van der Waals surface area contributed by atoms with Gasteiger partial charge in [-0.25, -0.2) is 0 Å². The molecule has 3 fully saturated rings. The smallest absolute Gasteiger partial charge is 0.257 e. The third-order valence-corrected chi connectivity index (χ3v) is 6.08. The van der Waals surface area contributed by atoms with Crippen molar-refractivity contribution in [3.8, 4) is 5.75 Å². The molecule has 7 heteroatoms. The van der Waals surface area contributed by atoms with Crippen LogP contribution in [0.4, 0.5) is 0 Å². The molecule has 1 aromatic rings. The standard InChI is InChI=1S/C20H25ClN2O4/c1-26-17-9-15(21)4-5-16(17)19(25)23-12-20(13-23)10-14(11-27-20)8-18(24)22-6-2-3-7-22/h4-5,9,14H,2-3,6-8,10-13H2,1H3. The van der Waals surface area contributed by atoms with E-state index in [0.29, 0.717) is 42.5 Å². The van der Waals surface area contributed by atoms with E-state index < -0.39 is 0 Å². The lowest BCUT2D eigenvalue weighted by molar-refractivity contribution is -0.131. The van der Waals surface area contributed by atoms with Gasteiger partial charge in [0.2, 0.25) is 5.91 Å². The fraction of sp³-hybridized carbons (Fsp3) is 0.600. The fourth-order valence-electron chi connectivity index (χ4n) is 4.44. The summed E-state index contributed by atoms with van der Waals surface area (Å²) in [5, 5.41) is 0.535. The Bertz CT molecular complexity index is 741. The predicted molar refractivity (Wildman–Crippen MR) is 101 cm³/mol. The molecule has 3 saturated heterocycles. The van der Waals surface area contributed by atoms with Crippen LogP contribution in [-0.2, 0) is 9.53 Å². The summed E-state index contributed by atoms with van der Waals surface area (Å²) in [4.78, 5) is 28.9. The number of likely N-dealkylation sites (tertiary alicyclic amines) is 2. The molecule has 1 spiro atoms. The van der Waals surface area contributed by atoms with Gasteiger partial charge >= 0.3 is 0 Å². The summed E-state index contributed by atoms with van der Waals surface area (Å²) in [6.45, 7) is 3.51. The van der Waals surface area contributed by atoms with Crippen molar-refractivity contribution in [2.45, 2.75) is 31.3 Å². The van der Waals surface area contributed by atoms with Crippen LogP contribution in [0, 0.1) is 5.92 Å². The van der Waals surface area contributed by atoms with Gasteiger partial charge in [0.05, 0.1) is 32.4 Å². The highest BCUT2D eigenvalue weighted by atomic mass is 35.5. The summed E-state index contributed by atoms with van der Waals surface area (Å²) in [5.41, 5.74) is 0.223. The number of halogens is 1. The van der Waals surface area contributed by atoms with Gasteiger partial charge in [0, 0.05) is 24.5 Å². The lowest BCUT2D eigenvalue weighted by Crippen LogP contribution is -2.63.